The quantitative estimate of drug-likeness (QED) is 0.673. The van der Waals surface area contributed by atoms with Gasteiger partial charge in [-0.05, 0) is 35.4 Å². The van der Waals surface area contributed by atoms with E-state index in [1.807, 2.05) is 31.2 Å². The number of rotatable bonds is 4. The summed E-state index contributed by atoms with van der Waals surface area (Å²) in [4.78, 5) is 11.8. The lowest BCUT2D eigenvalue weighted by Gasteiger charge is -2.11. The predicted molar refractivity (Wildman–Crippen MR) is 75.2 cm³/mol. The van der Waals surface area contributed by atoms with Crippen molar-refractivity contribution in [3.63, 3.8) is 0 Å². The Morgan fingerprint density at radius 2 is 2.00 bits per heavy atom. The highest BCUT2D eigenvalue weighted by Gasteiger charge is 2.16. The zero-order chi connectivity index (χ0) is 13.8. The summed E-state index contributed by atoms with van der Waals surface area (Å²) in [6, 6.07) is 10.9. The molecule has 0 spiro atoms. The predicted octanol–water partition coefficient (Wildman–Crippen LogP) is 3.38. The molecule has 3 nitrogen and oxygen atoms in total. The summed E-state index contributed by atoms with van der Waals surface area (Å²) < 4.78 is 5.04. The molecule has 2 aromatic rings. The van der Waals surface area contributed by atoms with Crippen LogP contribution in [0.4, 0.5) is 0 Å². The number of phenols is 1. The van der Waals surface area contributed by atoms with Gasteiger partial charge in [-0.3, -0.25) is 4.79 Å². The summed E-state index contributed by atoms with van der Waals surface area (Å²) in [5.74, 6) is -0.352. The second-order valence-corrected chi connectivity index (χ2v) is 4.43. The summed E-state index contributed by atoms with van der Waals surface area (Å²) in [6.07, 6.45) is 1.55. The van der Waals surface area contributed by atoms with Crippen molar-refractivity contribution in [3.8, 4) is 5.75 Å². The Bertz CT molecular complexity index is 616. The molecule has 0 aromatic heterocycles. The molecule has 0 saturated heterocycles. The first-order valence-electron chi connectivity index (χ1n) is 6.12. The van der Waals surface area contributed by atoms with E-state index in [0.717, 1.165) is 16.3 Å². The van der Waals surface area contributed by atoms with Crippen LogP contribution in [0, 0.1) is 0 Å². The maximum Gasteiger partial charge on any atom is 0.313 e. The molecule has 0 aliphatic carbocycles. The van der Waals surface area contributed by atoms with Crippen LogP contribution < -0.4 is 0 Å². The van der Waals surface area contributed by atoms with Gasteiger partial charge in [-0.15, -0.1) is 0 Å². The molecule has 0 fully saturated rings. The molecule has 0 bridgehead atoms. The Kier molecular flexibility index (Phi) is 3.85. The van der Waals surface area contributed by atoms with Crippen LogP contribution in [0.1, 0.15) is 18.4 Å². The molecule has 19 heavy (non-hydrogen) atoms. The van der Waals surface area contributed by atoms with E-state index in [1.165, 1.54) is 0 Å². The zero-order valence-corrected chi connectivity index (χ0v) is 10.8. The summed E-state index contributed by atoms with van der Waals surface area (Å²) >= 11 is 0. The lowest BCUT2D eigenvalue weighted by atomic mass is 9.98. The number of carbonyl (C=O) groups is 1. The third-order valence-electron chi connectivity index (χ3n) is 3.04. The molecule has 2 aromatic carbocycles. The molecule has 1 N–H and O–H groups in total. The molecule has 98 valence electrons. The van der Waals surface area contributed by atoms with Crippen molar-refractivity contribution in [2.75, 3.05) is 6.61 Å². The number of carbonyl (C=O) groups excluding carboxylic acids is 1. The first-order chi connectivity index (χ1) is 9.11. The number of benzene rings is 2. The number of ether oxygens (including phenoxy) is 1. The maximum atomic E-state index is 11.8. The van der Waals surface area contributed by atoms with E-state index in [4.69, 9.17) is 4.74 Å². The summed E-state index contributed by atoms with van der Waals surface area (Å²) in [5.41, 5.74) is 0.896. The molecule has 2 rings (SSSR count). The molecule has 1 atom stereocenters. The minimum Gasteiger partial charge on any atom is -0.508 e. The molecule has 0 radical (unpaired) electrons. The lowest BCUT2D eigenvalue weighted by molar-refractivity contribution is -0.143. The number of phenolic OH excluding ortho intramolecular Hbond substituents is 1. The van der Waals surface area contributed by atoms with Gasteiger partial charge in [-0.1, -0.05) is 36.9 Å². The highest BCUT2D eigenvalue weighted by atomic mass is 16.5. The third kappa shape index (κ3) is 2.94. The average Bonchev–Trinajstić information content (AvgIpc) is 2.43. The Balaban J connectivity index is 2.27. The van der Waals surface area contributed by atoms with Crippen LogP contribution in [0.5, 0.6) is 5.75 Å². The highest BCUT2D eigenvalue weighted by molar-refractivity contribution is 5.86. The van der Waals surface area contributed by atoms with Crippen LogP contribution in [0.3, 0.4) is 0 Å². The minimum absolute atomic E-state index is 0.227. The first kappa shape index (κ1) is 13.1. The van der Waals surface area contributed by atoms with Gasteiger partial charge in [0.25, 0.3) is 0 Å². The van der Waals surface area contributed by atoms with Crippen LogP contribution >= 0.6 is 0 Å². The van der Waals surface area contributed by atoms with Gasteiger partial charge < -0.3 is 9.84 Å². The number of hydrogen-bond donors (Lipinski definition) is 1. The largest absolute Gasteiger partial charge is 0.508 e. The summed E-state index contributed by atoms with van der Waals surface area (Å²) in [6.45, 7) is 5.55. The average molecular weight is 256 g/mol. The molecular weight excluding hydrogens is 240 g/mol. The van der Waals surface area contributed by atoms with Crippen LogP contribution in [0.25, 0.3) is 10.8 Å². The Morgan fingerprint density at radius 1 is 1.32 bits per heavy atom. The smallest absolute Gasteiger partial charge is 0.313 e. The van der Waals surface area contributed by atoms with Gasteiger partial charge in [0, 0.05) is 0 Å². The number of esters is 1. The van der Waals surface area contributed by atoms with E-state index in [0.29, 0.717) is 0 Å². The highest BCUT2D eigenvalue weighted by Crippen LogP contribution is 2.25. The van der Waals surface area contributed by atoms with Gasteiger partial charge in [-0.25, -0.2) is 0 Å². The van der Waals surface area contributed by atoms with Gasteiger partial charge in [0.05, 0.1) is 5.92 Å². The van der Waals surface area contributed by atoms with Crippen LogP contribution in [0.2, 0.25) is 0 Å². The summed E-state index contributed by atoms with van der Waals surface area (Å²) in [7, 11) is 0. The zero-order valence-electron chi connectivity index (χ0n) is 10.8. The normalized spacial score (nSPS) is 12.1. The molecule has 0 heterocycles. The van der Waals surface area contributed by atoms with E-state index in [9.17, 15) is 9.90 Å². The van der Waals surface area contributed by atoms with E-state index in [1.54, 1.807) is 18.2 Å². The SMILES string of the molecule is C=CCOC(=O)C(C)c1ccc2cc(O)ccc2c1. The molecular formula is C16H16O3. The second kappa shape index (κ2) is 5.57. The van der Waals surface area contributed by atoms with Gasteiger partial charge >= 0.3 is 5.97 Å². The van der Waals surface area contributed by atoms with Crippen LogP contribution in [0.15, 0.2) is 49.1 Å². The lowest BCUT2D eigenvalue weighted by Crippen LogP contribution is -2.13. The Morgan fingerprint density at radius 3 is 2.74 bits per heavy atom. The van der Waals surface area contributed by atoms with Crippen molar-refractivity contribution in [1.29, 1.82) is 0 Å². The fourth-order valence-corrected chi connectivity index (χ4v) is 1.92. The number of aromatic hydroxyl groups is 1. The molecule has 0 amide bonds. The van der Waals surface area contributed by atoms with E-state index < -0.39 is 0 Å². The van der Waals surface area contributed by atoms with E-state index >= 15 is 0 Å². The fourth-order valence-electron chi connectivity index (χ4n) is 1.92. The fraction of sp³-hybridized carbons (Fsp3) is 0.188. The van der Waals surface area contributed by atoms with Crippen LogP contribution in [-0.4, -0.2) is 17.7 Å². The van der Waals surface area contributed by atoms with Gasteiger partial charge in [0.2, 0.25) is 0 Å². The van der Waals surface area contributed by atoms with Crippen molar-refractivity contribution >= 4 is 16.7 Å². The molecule has 3 heteroatoms. The first-order valence-corrected chi connectivity index (χ1v) is 6.12. The van der Waals surface area contributed by atoms with Crippen LogP contribution in [-0.2, 0) is 9.53 Å². The van der Waals surface area contributed by atoms with Crippen molar-refractivity contribution in [2.24, 2.45) is 0 Å². The van der Waals surface area contributed by atoms with Gasteiger partial charge in [0.1, 0.15) is 12.4 Å². The van der Waals surface area contributed by atoms with E-state index in [2.05, 4.69) is 6.58 Å². The molecule has 0 aliphatic heterocycles. The Labute approximate surface area is 112 Å². The minimum atomic E-state index is -0.321. The summed E-state index contributed by atoms with van der Waals surface area (Å²) in [5, 5.41) is 11.3. The number of hydrogen-bond acceptors (Lipinski definition) is 3. The molecule has 1 unspecified atom stereocenters. The Hall–Kier alpha value is -2.29. The standard InChI is InChI=1S/C16H16O3/c1-3-8-19-16(18)11(2)12-4-5-14-10-15(17)7-6-13(14)9-12/h3-7,9-11,17H,1,8H2,2H3. The van der Waals surface area contributed by atoms with Crippen molar-refractivity contribution in [2.45, 2.75) is 12.8 Å². The van der Waals surface area contributed by atoms with Crippen molar-refractivity contribution in [3.05, 3.63) is 54.6 Å². The second-order valence-electron chi connectivity index (χ2n) is 4.43. The monoisotopic (exact) mass is 256 g/mol. The van der Waals surface area contributed by atoms with E-state index in [-0.39, 0.29) is 24.2 Å². The topological polar surface area (TPSA) is 46.5 Å². The van der Waals surface area contributed by atoms with Gasteiger partial charge in [0.15, 0.2) is 0 Å². The molecule has 0 saturated carbocycles. The maximum absolute atomic E-state index is 11.8. The van der Waals surface area contributed by atoms with Gasteiger partial charge in [-0.2, -0.15) is 0 Å². The molecule has 0 aliphatic rings. The third-order valence-corrected chi connectivity index (χ3v) is 3.04. The number of fused-ring (bicyclic) bond motifs is 1. The van der Waals surface area contributed by atoms with Crippen molar-refractivity contribution in [1.82, 2.24) is 0 Å². The van der Waals surface area contributed by atoms with Crippen molar-refractivity contribution < 1.29 is 14.6 Å².